The van der Waals surface area contributed by atoms with Crippen LogP contribution in [0.25, 0.3) is 0 Å². The van der Waals surface area contributed by atoms with E-state index < -0.39 is 33.6 Å². The average molecular weight is 434 g/mol. The van der Waals surface area contributed by atoms with Gasteiger partial charge in [-0.3, -0.25) is 4.90 Å². The lowest BCUT2D eigenvalue weighted by Crippen LogP contribution is -2.73. The van der Waals surface area contributed by atoms with Crippen LogP contribution in [0.5, 0.6) is 0 Å². The smallest absolute Gasteiger partial charge is 0.410 e. The Bertz CT molecular complexity index is 973. The lowest BCUT2D eigenvalue weighted by atomic mass is 9.60. The minimum absolute atomic E-state index is 0.0654. The van der Waals surface area contributed by atoms with Gasteiger partial charge >= 0.3 is 6.09 Å². The van der Waals surface area contributed by atoms with Gasteiger partial charge in [-0.25, -0.2) is 13.2 Å². The molecule has 3 fully saturated rings. The molecule has 162 valence electrons. The second kappa shape index (κ2) is 7.52. The number of ether oxygens (including phenoxy) is 2. The number of hydrogen-bond donors (Lipinski definition) is 0. The molecule has 3 aliphatic rings. The van der Waals surface area contributed by atoms with Crippen molar-refractivity contribution in [1.29, 1.82) is 5.26 Å². The van der Waals surface area contributed by atoms with Gasteiger partial charge in [-0.2, -0.15) is 9.57 Å². The van der Waals surface area contributed by atoms with Gasteiger partial charge in [-0.1, -0.05) is 17.7 Å². The summed E-state index contributed by atoms with van der Waals surface area (Å²) in [6, 6.07) is 8.37. The summed E-state index contributed by atoms with van der Waals surface area (Å²) < 4.78 is 39.4. The van der Waals surface area contributed by atoms with Crippen LogP contribution in [0.3, 0.4) is 0 Å². The summed E-state index contributed by atoms with van der Waals surface area (Å²) >= 11 is 0. The van der Waals surface area contributed by atoms with E-state index in [9.17, 15) is 18.5 Å². The predicted molar refractivity (Wildman–Crippen MR) is 108 cm³/mol. The summed E-state index contributed by atoms with van der Waals surface area (Å²) in [6.45, 7) is 2.83. The average Bonchev–Trinajstić information content (AvgIpc) is 2.95. The standard InChI is InChI=1S/C21H27N3O5S/c1-14-4-6-17(7-5-14)30(26,27)24-9-8-18-16-10-15(11-22)19(24)21(18,13-28-2)23(12-16)20(25)29-3/h4-7,15-16,18-19H,8-10,12-13H2,1-3H3/t15?,16-,18+,19-,21-/m0/s1. The van der Waals surface area contributed by atoms with E-state index in [-0.39, 0.29) is 23.3 Å². The lowest BCUT2D eigenvalue weighted by Gasteiger charge is -2.57. The van der Waals surface area contributed by atoms with E-state index in [0.717, 1.165) is 5.56 Å². The van der Waals surface area contributed by atoms with Gasteiger partial charge < -0.3 is 9.47 Å². The van der Waals surface area contributed by atoms with Gasteiger partial charge in [0, 0.05) is 20.2 Å². The maximum absolute atomic E-state index is 13.7. The minimum atomic E-state index is -3.86. The van der Waals surface area contributed by atoms with Crippen molar-refractivity contribution in [3.8, 4) is 6.07 Å². The van der Waals surface area contributed by atoms with E-state index in [1.165, 1.54) is 11.4 Å². The van der Waals surface area contributed by atoms with Gasteiger partial charge in [-0.05, 0) is 43.7 Å². The Hall–Kier alpha value is -2.15. The molecule has 0 aromatic heterocycles. The van der Waals surface area contributed by atoms with Gasteiger partial charge in [0.2, 0.25) is 10.0 Å². The van der Waals surface area contributed by atoms with Crippen molar-refractivity contribution < 1.29 is 22.7 Å². The molecule has 1 aromatic rings. The Kier molecular flexibility index (Phi) is 5.29. The third-order valence-corrected chi connectivity index (χ3v) is 9.01. The molecule has 1 saturated carbocycles. The number of nitrogens with zero attached hydrogens (tertiary/aromatic N) is 3. The Balaban J connectivity index is 1.86. The number of benzene rings is 1. The molecular formula is C21H27N3O5S. The van der Waals surface area contributed by atoms with Crippen LogP contribution in [0, 0.1) is 36.0 Å². The van der Waals surface area contributed by atoms with Crippen LogP contribution in [-0.2, 0) is 19.5 Å². The quantitative estimate of drug-likeness (QED) is 0.720. The van der Waals surface area contributed by atoms with E-state index in [4.69, 9.17) is 9.47 Å². The molecule has 5 atom stereocenters. The van der Waals surface area contributed by atoms with Gasteiger partial charge in [0.15, 0.2) is 0 Å². The molecule has 4 rings (SSSR count). The number of amides is 1. The predicted octanol–water partition coefficient (Wildman–Crippen LogP) is 2.00. The van der Waals surface area contributed by atoms with Gasteiger partial charge in [0.05, 0.1) is 42.2 Å². The summed E-state index contributed by atoms with van der Waals surface area (Å²) in [5, 5.41) is 9.97. The second-order valence-electron chi connectivity index (χ2n) is 8.51. The number of hydrogen-bond acceptors (Lipinski definition) is 6. The molecule has 0 N–H and O–H groups in total. The maximum atomic E-state index is 13.7. The first-order valence-corrected chi connectivity index (χ1v) is 11.6. The number of carbonyl (C=O) groups excluding carboxylic acids is 1. The summed E-state index contributed by atoms with van der Waals surface area (Å²) in [5.74, 6) is -0.337. The number of nitriles is 1. The third kappa shape index (κ3) is 2.85. The molecule has 30 heavy (non-hydrogen) atoms. The van der Waals surface area contributed by atoms with Crippen molar-refractivity contribution >= 4 is 16.1 Å². The zero-order chi connectivity index (χ0) is 21.7. The van der Waals surface area contributed by atoms with Gasteiger partial charge in [-0.15, -0.1) is 0 Å². The number of piperidine rings is 1. The molecule has 1 aliphatic carbocycles. The zero-order valence-corrected chi connectivity index (χ0v) is 18.3. The largest absolute Gasteiger partial charge is 0.453 e. The van der Waals surface area contributed by atoms with E-state index in [1.54, 1.807) is 36.3 Å². The Morgan fingerprint density at radius 2 is 2.00 bits per heavy atom. The van der Waals surface area contributed by atoms with E-state index in [2.05, 4.69) is 6.07 Å². The highest BCUT2D eigenvalue weighted by atomic mass is 32.2. The maximum Gasteiger partial charge on any atom is 0.410 e. The number of sulfonamides is 1. The molecule has 1 unspecified atom stereocenters. The lowest BCUT2D eigenvalue weighted by molar-refractivity contribution is -0.0794. The third-order valence-electron chi connectivity index (χ3n) is 7.12. The molecule has 2 heterocycles. The highest BCUT2D eigenvalue weighted by molar-refractivity contribution is 7.89. The number of rotatable bonds is 4. The fraction of sp³-hybridized carbons (Fsp3) is 0.619. The fourth-order valence-corrected chi connectivity index (χ4v) is 7.72. The normalized spacial score (nSPS) is 33.2. The molecule has 4 bridgehead atoms. The fourth-order valence-electron chi connectivity index (χ4n) is 6.00. The molecule has 0 spiro atoms. The van der Waals surface area contributed by atoms with Crippen molar-refractivity contribution in [1.82, 2.24) is 9.21 Å². The highest BCUT2D eigenvalue weighted by Crippen LogP contribution is 2.57. The van der Waals surface area contributed by atoms with Crippen LogP contribution in [0.4, 0.5) is 4.79 Å². The SMILES string of the molecule is COC[C@]12[C@@H]3CCN(S(=O)(=O)c4ccc(C)cc4)[C@H]1C(C#N)C[C@H]3CN2C(=O)OC. The van der Waals surface area contributed by atoms with Gasteiger partial charge in [0.1, 0.15) is 0 Å². The highest BCUT2D eigenvalue weighted by Gasteiger charge is 2.69. The summed E-state index contributed by atoms with van der Waals surface area (Å²) in [6.07, 6.45) is 0.670. The second-order valence-corrected chi connectivity index (χ2v) is 10.4. The number of aryl methyl sites for hydroxylation is 1. The van der Waals surface area contributed by atoms with Crippen LogP contribution in [0.2, 0.25) is 0 Å². The topological polar surface area (TPSA) is 99.9 Å². The van der Waals surface area contributed by atoms with Crippen molar-refractivity contribution in [2.75, 3.05) is 33.9 Å². The van der Waals surface area contributed by atoms with Crippen molar-refractivity contribution in [3.63, 3.8) is 0 Å². The zero-order valence-electron chi connectivity index (χ0n) is 17.4. The van der Waals surface area contributed by atoms with Crippen LogP contribution in [0.1, 0.15) is 18.4 Å². The molecule has 1 amide bonds. The van der Waals surface area contributed by atoms with Crippen molar-refractivity contribution in [2.45, 2.75) is 36.2 Å². The Morgan fingerprint density at radius 3 is 2.60 bits per heavy atom. The first-order valence-electron chi connectivity index (χ1n) is 10.1. The van der Waals surface area contributed by atoms with E-state index in [1.807, 2.05) is 6.92 Å². The molecule has 2 aliphatic heterocycles. The monoisotopic (exact) mass is 433 g/mol. The van der Waals surface area contributed by atoms with Crippen LogP contribution in [-0.4, -0.2) is 69.2 Å². The molecule has 1 aromatic carbocycles. The number of carbonyl (C=O) groups is 1. The molecule has 8 nitrogen and oxygen atoms in total. The number of methoxy groups -OCH3 is 2. The van der Waals surface area contributed by atoms with Crippen molar-refractivity contribution in [3.05, 3.63) is 29.8 Å². The Morgan fingerprint density at radius 1 is 1.30 bits per heavy atom. The molecule has 9 heteroatoms. The molecular weight excluding hydrogens is 406 g/mol. The van der Waals surface area contributed by atoms with Crippen LogP contribution in [0.15, 0.2) is 29.2 Å². The van der Waals surface area contributed by atoms with Gasteiger partial charge in [0.25, 0.3) is 0 Å². The molecule has 2 saturated heterocycles. The first kappa shape index (κ1) is 21.1. The number of likely N-dealkylation sites (tertiary alicyclic amines) is 1. The van der Waals surface area contributed by atoms with Crippen LogP contribution >= 0.6 is 0 Å². The Labute approximate surface area is 177 Å². The first-order chi connectivity index (χ1) is 14.3. The van der Waals surface area contributed by atoms with Crippen LogP contribution < -0.4 is 0 Å². The van der Waals surface area contributed by atoms with E-state index >= 15 is 0 Å². The molecule has 0 radical (unpaired) electrons. The summed E-state index contributed by atoms with van der Waals surface area (Å²) in [5.41, 5.74) is 0.0489. The summed E-state index contributed by atoms with van der Waals surface area (Å²) in [7, 11) is -0.995. The van der Waals surface area contributed by atoms with E-state index in [0.29, 0.717) is 25.9 Å². The minimum Gasteiger partial charge on any atom is -0.453 e. The summed E-state index contributed by atoms with van der Waals surface area (Å²) in [4.78, 5) is 14.5. The van der Waals surface area contributed by atoms with Crippen molar-refractivity contribution in [2.24, 2.45) is 17.8 Å².